The number of benzene rings is 1. The number of alkyl halides is 2. The molecule has 0 aliphatic carbocycles. The molecule has 0 radical (unpaired) electrons. The van der Waals surface area contributed by atoms with E-state index in [0.717, 1.165) is 12.0 Å². The van der Waals surface area contributed by atoms with Crippen molar-refractivity contribution in [2.45, 2.75) is 18.9 Å². The number of halogens is 2. The number of ether oxygens (including phenoxy) is 2. The van der Waals surface area contributed by atoms with Gasteiger partial charge in [-0.2, -0.15) is 0 Å². The van der Waals surface area contributed by atoms with Crippen LogP contribution in [0.15, 0.2) is 18.2 Å². The van der Waals surface area contributed by atoms with Crippen molar-refractivity contribution in [2.24, 2.45) is 5.73 Å². The average molecular weight is 272 g/mol. The van der Waals surface area contributed by atoms with Crippen LogP contribution >= 0.6 is 0 Å². The first-order chi connectivity index (χ1) is 9.20. The van der Waals surface area contributed by atoms with Gasteiger partial charge in [-0.05, 0) is 17.7 Å². The van der Waals surface area contributed by atoms with E-state index in [1.807, 2.05) is 6.07 Å². The largest absolute Gasteiger partial charge is 0.490 e. The summed E-state index contributed by atoms with van der Waals surface area (Å²) in [5.41, 5.74) is 6.44. The fraction of sp³-hybridized carbons (Fsp3) is 0.538. The third-order valence-electron chi connectivity index (χ3n) is 2.93. The first kappa shape index (κ1) is 14.0. The highest BCUT2D eigenvalue weighted by atomic mass is 19.3. The Balaban J connectivity index is 2.12. The summed E-state index contributed by atoms with van der Waals surface area (Å²) in [6.07, 6.45) is -1.57. The lowest BCUT2D eigenvalue weighted by atomic mass is 10.1. The minimum Gasteiger partial charge on any atom is -0.490 e. The number of fused-ring (bicyclic) bond motifs is 1. The SMILES string of the molecule is NCC(NCC(F)F)c1ccc2c(c1)OCCCO2. The lowest BCUT2D eigenvalue weighted by Gasteiger charge is -2.18. The monoisotopic (exact) mass is 272 g/mol. The quantitative estimate of drug-likeness (QED) is 0.856. The zero-order valence-electron chi connectivity index (χ0n) is 10.6. The van der Waals surface area contributed by atoms with Gasteiger partial charge in [-0.3, -0.25) is 0 Å². The number of nitrogens with one attached hydrogen (secondary N) is 1. The van der Waals surface area contributed by atoms with Crippen molar-refractivity contribution < 1.29 is 18.3 Å². The van der Waals surface area contributed by atoms with Gasteiger partial charge in [0.05, 0.1) is 19.8 Å². The van der Waals surface area contributed by atoms with Crippen LogP contribution < -0.4 is 20.5 Å². The van der Waals surface area contributed by atoms with Crippen molar-refractivity contribution in [1.82, 2.24) is 5.32 Å². The molecule has 1 atom stereocenters. The van der Waals surface area contributed by atoms with Crippen molar-refractivity contribution in [3.8, 4) is 11.5 Å². The van der Waals surface area contributed by atoms with E-state index in [9.17, 15) is 8.78 Å². The summed E-state index contributed by atoms with van der Waals surface area (Å²) in [6.45, 7) is 1.08. The molecule has 3 N–H and O–H groups in total. The first-order valence-corrected chi connectivity index (χ1v) is 6.32. The number of hydrogen-bond donors (Lipinski definition) is 2. The van der Waals surface area contributed by atoms with Crippen LogP contribution in [0.4, 0.5) is 8.78 Å². The van der Waals surface area contributed by atoms with Crippen LogP contribution in [-0.2, 0) is 0 Å². The van der Waals surface area contributed by atoms with Crippen molar-refractivity contribution in [3.05, 3.63) is 23.8 Å². The maximum atomic E-state index is 12.2. The summed E-state index contributed by atoms with van der Waals surface area (Å²) < 4.78 is 35.5. The molecule has 0 aromatic heterocycles. The molecule has 0 saturated heterocycles. The van der Waals surface area contributed by atoms with Crippen LogP contribution in [-0.4, -0.2) is 32.7 Å². The molecule has 6 heteroatoms. The molecule has 1 aliphatic heterocycles. The molecule has 1 heterocycles. The molecule has 19 heavy (non-hydrogen) atoms. The predicted molar refractivity (Wildman–Crippen MR) is 67.9 cm³/mol. The summed E-state index contributed by atoms with van der Waals surface area (Å²) in [5.74, 6) is 1.33. The molecule has 0 amide bonds. The molecule has 0 spiro atoms. The number of rotatable bonds is 5. The molecule has 0 saturated carbocycles. The molecule has 1 aliphatic rings. The van der Waals surface area contributed by atoms with E-state index < -0.39 is 6.43 Å². The normalized spacial score (nSPS) is 16.2. The second-order valence-corrected chi connectivity index (χ2v) is 4.34. The lowest BCUT2D eigenvalue weighted by Crippen LogP contribution is -2.31. The Kier molecular flexibility index (Phi) is 4.93. The minimum absolute atomic E-state index is 0.242. The van der Waals surface area contributed by atoms with E-state index in [-0.39, 0.29) is 19.1 Å². The maximum Gasteiger partial charge on any atom is 0.250 e. The average Bonchev–Trinajstić information content (AvgIpc) is 2.63. The Bertz CT molecular complexity index is 416. The second-order valence-electron chi connectivity index (χ2n) is 4.34. The Morgan fingerprint density at radius 3 is 2.63 bits per heavy atom. The standard InChI is InChI=1S/C13H18F2N2O2/c14-13(15)8-17-10(7-16)9-2-3-11-12(6-9)19-5-1-4-18-11/h2-3,6,10,13,17H,1,4-5,7-8,16H2. The van der Waals surface area contributed by atoms with Gasteiger partial charge in [-0.25, -0.2) is 8.78 Å². The molecule has 1 unspecified atom stereocenters. The van der Waals surface area contributed by atoms with E-state index in [2.05, 4.69) is 5.32 Å². The molecule has 106 valence electrons. The molecule has 2 rings (SSSR count). The van der Waals surface area contributed by atoms with E-state index >= 15 is 0 Å². The summed E-state index contributed by atoms with van der Waals surface area (Å²) in [7, 11) is 0. The predicted octanol–water partition coefficient (Wildman–Crippen LogP) is 1.70. The molecule has 1 aromatic carbocycles. The van der Waals surface area contributed by atoms with Gasteiger partial charge >= 0.3 is 0 Å². The second kappa shape index (κ2) is 6.68. The Morgan fingerprint density at radius 1 is 1.21 bits per heavy atom. The first-order valence-electron chi connectivity index (χ1n) is 6.32. The molecule has 1 aromatic rings. The zero-order valence-corrected chi connectivity index (χ0v) is 10.6. The van der Waals surface area contributed by atoms with Gasteiger partial charge in [0.1, 0.15) is 0 Å². The van der Waals surface area contributed by atoms with Gasteiger partial charge in [0.2, 0.25) is 0 Å². The molecule has 0 bridgehead atoms. The third-order valence-corrected chi connectivity index (χ3v) is 2.93. The van der Waals surface area contributed by atoms with Gasteiger partial charge in [0.25, 0.3) is 6.43 Å². The summed E-state index contributed by atoms with van der Waals surface area (Å²) >= 11 is 0. The van der Waals surface area contributed by atoms with Crippen LogP contribution in [0.5, 0.6) is 11.5 Å². The van der Waals surface area contributed by atoms with Crippen molar-refractivity contribution in [1.29, 1.82) is 0 Å². The Labute approximate surface area is 110 Å². The highest BCUT2D eigenvalue weighted by Crippen LogP contribution is 2.32. The van der Waals surface area contributed by atoms with Gasteiger partial charge in [0, 0.05) is 19.0 Å². The number of hydrogen-bond acceptors (Lipinski definition) is 4. The van der Waals surface area contributed by atoms with E-state index in [0.29, 0.717) is 24.7 Å². The Hall–Kier alpha value is -1.40. The zero-order chi connectivity index (χ0) is 13.7. The van der Waals surface area contributed by atoms with Crippen LogP contribution in [0.25, 0.3) is 0 Å². The van der Waals surface area contributed by atoms with Gasteiger partial charge in [0.15, 0.2) is 11.5 Å². The number of nitrogens with two attached hydrogens (primary N) is 1. The summed E-state index contributed by atoms with van der Waals surface area (Å²) in [5, 5.41) is 2.74. The fourth-order valence-electron chi connectivity index (χ4n) is 1.97. The molecular weight excluding hydrogens is 254 g/mol. The summed E-state index contributed by atoms with van der Waals surface area (Å²) in [4.78, 5) is 0. The lowest BCUT2D eigenvalue weighted by molar-refractivity contribution is 0.141. The third kappa shape index (κ3) is 3.78. The van der Waals surface area contributed by atoms with Crippen molar-refractivity contribution in [2.75, 3.05) is 26.3 Å². The fourth-order valence-corrected chi connectivity index (χ4v) is 1.97. The summed E-state index contributed by atoms with van der Waals surface area (Å²) in [6, 6.07) is 5.11. The van der Waals surface area contributed by atoms with Crippen LogP contribution in [0.3, 0.4) is 0 Å². The van der Waals surface area contributed by atoms with Crippen molar-refractivity contribution in [3.63, 3.8) is 0 Å². The van der Waals surface area contributed by atoms with E-state index in [4.69, 9.17) is 15.2 Å². The van der Waals surface area contributed by atoms with Gasteiger partial charge < -0.3 is 20.5 Å². The highest BCUT2D eigenvalue weighted by molar-refractivity contribution is 5.44. The molecular formula is C13H18F2N2O2. The molecule has 4 nitrogen and oxygen atoms in total. The van der Waals surface area contributed by atoms with Crippen LogP contribution in [0.2, 0.25) is 0 Å². The highest BCUT2D eigenvalue weighted by Gasteiger charge is 2.16. The smallest absolute Gasteiger partial charge is 0.250 e. The maximum absolute atomic E-state index is 12.2. The van der Waals surface area contributed by atoms with E-state index in [1.54, 1.807) is 12.1 Å². The van der Waals surface area contributed by atoms with Crippen LogP contribution in [0.1, 0.15) is 18.0 Å². The topological polar surface area (TPSA) is 56.5 Å². The van der Waals surface area contributed by atoms with Crippen LogP contribution in [0, 0.1) is 0 Å². The van der Waals surface area contributed by atoms with Gasteiger partial charge in [-0.15, -0.1) is 0 Å². The molecule has 0 fully saturated rings. The minimum atomic E-state index is -2.39. The van der Waals surface area contributed by atoms with E-state index in [1.165, 1.54) is 0 Å². The van der Waals surface area contributed by atoms with Crippen molar-refractivity contribution >= 4 is 0 Å². The van der Waals surface area contributed by atoms with Gasteiger partial charge in [-0.1, -0.05) is 6.07 Å². The Morgan fingerprint density at radius 2 is 1.95 bits per heavy atom.